The number of nitrogen functional groups attached to an aromatic ring is 1. The van der Waals surface area contributed by atoms with Crippen LogP contribution < -0.4 is 66.6 Å². The summed E-state index contributed by atoms with van der Waals surface area (Å²) in [4.78, 5) is 105. The van der Waals surface area contributed by atoms with E-state index in [1.165, 1.54) is 17.2 Å². The van der Waals surface area contributed by atoms with Crippen molar-refractivity contribution < 1.29 is 191 Å². The number of aliphatic hydroxyl groups excluding tert-OH is 3. The van der Waals surface area contributed by atoms with Crippen molar-refractivity contribution in [2.24, 2.45) is 11.5 Å². The second kappa shape index (κ2) is 30.3. The van der Waals surface area contributed by atoms with E-state index in [2.05, 4.69) is 35.0 Å². The van der Waals surface area contributed by atoms with Crippen molar-refractivity contribution in [2.75, 3.05) is 25.4 Å². The van der Waals surface area contributed by atoms with Gasteiger partial charge in [0, 0.05) is 13.1 Å². The zero-order valence-corrected chi connectivity index (χ0v) is 33.9. The van der Waals surface area contributed by atoms with E-state index in [-0.39, 0.29) is 104 Å². The molecule has 1 saturated heterocycles. The summed E-state index contributed by atoms with van der Waals surface area (Å²) in [6.45, 7) is -1.17. The third kappa shape index (κ3) is 32.4. The smallest absolute Gasteiger partial charge is 0.790 e. The van der Waals surface area contributed by atoms with Crippen LogP contribution in [0.4, 0.5) is 5.82 Å². The van der Waals surface area contributed by atoms with E-state index < -0.39 is 74.4 Å². The van der Waals surface area contributed by atoms with Gasteiger partial charge in [-0.3, -0.25) is 4.57 Å². The summed E-state index contributed by atoms with van der Waals surface area (Å²) in [6, 6.07) is 0. The second-order valence-corrected chi connectivity index (χ2v) is 12.3. The molecule has 4 atom stereocenters. The molecule has 0 unspecified atom stereocenters. The van der Waals surface area contributed by atoms with Gasteiger partial charge in [0.25, 0.3) is 0 Å². The number of carboxylic acids is 2. The number of carbonyl (C=O) groups excluding carboxylic acids is 2. The minimum atomic E-state index is -5.68. The van der Waals surface area contributed by atoms with Gasteiger partial charge in [0.1, 0.15) is 30.2 Å². The second-order valence-electron chi connectivity index (χ2n) is 7.42. The molecule has 299 valence electrons. The van der Waals surface area contributed by atoms with Gasteiger partial charge in [-0.15, -0.1) is 0 Å². The van der Waals surface area contributed by atoms with Crippen molar-refractivity contribution in [3.8, 4) is 0 Å². The van der Waals surface area contributed by atoms with E-state index in [1.54, 1.807) is 0 Å². The third-order valence-corrected chi connectivity index (χ3v) is 7.11. The molecule has 0 amide bonds. The molecule has 9 N–H and O–H groups in total. The van der Waals surface area contributed by atoms with Crippen LogP contribution in [-0.2, 0) is 127 Å². The molecule has 2 aromatic heterocycles. The van der Waals surface area contributed by atoms with E-state index >= 15 is 0 Å². The summed E-state index contributed by atoms with van der Waals surface area (Å²) in [5.74, 6) is -2.22. The van der Waals surface area contributed by atoms with Gasteiger partial charge < -0.3 is 123 Å². The van der Waals surface area contributed by atoms with Gasteiger partial charge in [-0.2, -0.15) is 0 Å². The molecular weight excluding hydrogens is 1020 g/mol. The van der Waals surface area contributed by atoms with Crippen LogP contribution >= 0.6 is 31.3 Å². The standard InChI is InChI=1S/C10H13N5O4.2C2H5NO2.5Mn.2H4O7P2/c11-8-5-9(13-2-12-8)15(3-14-5)10-7(18)6(17)4(1-16)19-10;2*3-1-2(4)5;;;;;;2*1-8(2,3)7-9(4,5)6/h2-4,6-7,10,16-18H,1H2,(H2,11,12,13);2*1,3H2,(H,4,5);;;;;;2*(H2,1,2,3)(H2,4,5,6)/q;;;5*+2;;/p-10/t4-,6-,7-,10-;;;;;;;;;/m1........./s1. The first-order valence-corrected chi connectivity index (χ1v) is 16.8. The Labute approximate surface area is 343 Å². The third-order valence-electron chi connectivity index (χ3n) is 3.91. The molecule has 1 aliphatic heterocycles. The van der Waals surface area contributed by atoms with Gasteiger partial charge in [-0.05, 0) is 0 Å². The van der Waals surface area contributed by atoms with Crippen molar-refractivity contribution in [1.82, 2.24) is 19.5 Å². The molecule has 38 heteroatoms. The molecule has 52 heavy (non-hydrogen) atoms. The van der Waals surface area contributed by atoms with E-state index in [1.807, 2.05) is 0 Å². The number of hydrogen-bond acceptors (Lipinski definition) is 28. The molecule has 3 rings (SSSR count). The number of rotatable bonds is 8. The maximum Gasteiger partial charge on any atom is 2.00 e. The Morgan fingerprint density at radius 1 is 0.750 bits per heavy atom. The van der Waals surface area contributed by atoms with Crippen LogP contribution in [0.1, 0.15) is 6.23 Å². The Balaban J connectivity index is -0.000000106. The predicted octanol–water partition coefficient (Wildman–Crippen LogP) is -13.3. The molecular formula is C14H21Mn5N7O22P4. The number of anilines is 1. The van der Waals surface area contributed by atoms with Gasteiger partial charge in [0.05, 0.1) is 56.2 Å². The number of nitrogens with two attached hydrogens (primary N) is 3. The first-order valence-electron chi connectivity index (χ1n) is 10.9. The zero-order chi connectivity index (χ0) is 37.6. The van der Waals surface area contributed by atoms with Crippen molar-refractivity contribution in [3.05, 3.63) is 12.7 Å². The Morgan fingerprint density at radius 3 is 1.35 bits per heavy atom. The Hall–Kier alpha value is 0.167. The van der Waals surface area contributed by atoms with Crippen molar-refractivity contribution >= 4 is 60.2 Å². The number of phosphoric acid groups is 4. The average molecular weight is 1040 g/mol. The van der Waals surface area contributed by atoms with Crippen LogP contribution in [-0.4, -0.2) is 84.8 Å². The minimum Gasteiger partial charge on any atom is -0.790 e. The number of nitrogens with zero attached hydrogens (tertiary/aromatic N) is 4. The van der Waals surface area contributed by atoms with Crippen LogP contribution in [0, 0.1) is 0 Å². The summed E-state index contributed by atoms with van der Waals surface area (Å²) in [5, 5.41) is 47.0. The van der Waals surface area contributed by atoms with E-state index in [4.69, 9.17) is 35.4 Å². The van der Waals surface area contributed by atoms with E-state index in [0.29, 0.717) is 11.2 Å². The van der Waals surface area contributed by atoms with Crippen LogP contribution in [0.3, 0.4) is 0 Å². The predicted molar refractivity (Wildman–Crippen MR) is 123 cm³/mol. The summed E-state index contributed by atoms with van der Waals surface area (Å²) < 4.78 is 49.2. The fourth-order valence-corrected chi connectivity index (χ4v) is 4.37. The summed E-state index contributed by atoms with van der Waals surface area (Å²) in [6.07, 6.45) is -1.42. The molecule has 5 radical (unpaired) electrons. The maximum absolute atomic E-state index is 9.95. The average Bonchev–Trinajstić information content (AvgIpc) is 3.42. The van der Waals surface area contributed by atoms with Crippen molar-refractivity contribution in [2.45, 2.75) is 24.5 Å². The Bertz CT molecular complexity index is 1400. The van der Waals surface area contributed by atoms with Crippen molar-refractivity contribution in [1.29, 1.82) is 0 Å². The molecule has 1 fully saturated rings. The maximum atomic E-state index is 9.95. The molecule has 0 bridgehead atoms. The van der Waals surface area contributed by atoms with Gasteiger partial charge in [-0.1, -0.05) is 0 Å². The minimum absolute atomic E-state index is 0. The SMILES string of the molecule is NCC(=O)[O-].NCC(=O)[O-].Nc1ncnc2c1ncn2[C@@H]1O[C@H](CO)[C@@H](O)[C@H]1O.O=P([O-])([O-])OP(=O)([O-])[O-].O=P([O-])([O-])OP(=O)([O-])[O-].[Mn+2].[Mn+2].[Mn+2].[Mn+2].[Mn+2]. The first-order chi connectivity index (χ1) is 21.1. The van der Waals surface area contributed by atoms with Gasteiger partial charge >= 0.3 is 85.3 Å². The number of imidazole rings is 1. The summed E-state index contributed by atoms with van der Waals surface area (Å²) in [7, 11) is -22.7. The number of hydrogen-bond donors (Lipinski definition) is 6. The molecule has 0 aliphatic carbocycles. The topological polar surface area (TPSA) is 543 Å². The van der Waals surface area contributed by atoms with Crippen LogP contribution in [0.2, 0.25) is 0 Å². The first kappa shape index (κ1) is 66.9. The monoisotopic (exact) mass is 1040 g/mol. The van der Waals surface area contributed by atoms with Crippen molar-refractivity contribution in [3.63, 3.8) is 0 Å². The fraction of sp³-hybridized carbons (Fsp3) is 0.500. The normalized spacial score (nSPS) is 17.6. The molecule has 1 aliphatic rings. The molecule has 29 nitrogen and oxygen atoms in total. The molecule has 0 aromatic carbocycles. The number of ether oxygens (including phenoxy) is 1. The molecule has 3 heterocycles. The number of aliphatic hydroxyl groups is 3. The molecule has 0 saturated carbocycles. The Kier molecular flexibility index (Phi) is 39.0. The zero-order valence-electron chi connectivity index (χ0n) is 24.4. The van der Waals surface area contributed by atoms with Gasteiger partial charge in [-0.25, -0.2) is 15.0 Å². The summed E-state index contributed by atoms with van der Waals surface area (Å²) >= 11 is 0. The number of aromatic nitrogens is 4. The largest absolute Gasteiger partial charge is 2.00 e. The Morgan fingerprint density at radius 2 is 1.10 bits per heavy atom. The van der Waals surface area contributed by atoms with Gasteiger partial charge in [0.15, 0.2) is 17.7 Å². The fourth-order valence-electron chi connectivity index (χ4n) is 2.41. The number of carboxylic acid groups (broad SMARTS) is 2. The van der Waals surface area contributed by atoms with Crippen LogP contribution in [0.5, 0.6) is 0 Å². The van der Waals surface area contributed by atoms with Crippen LogP contribution in [0.25, 0.3) is 11.2 Å². The summed E-state index contributed by atoms with van der Waals surface area (Å²) in [5.41, 5.74) is 15.5. The van der Waals surface area contributed by atoms with Crippen LogP contribution in [0.15, 0.2) is 12.7 Å². The van der Waals surface area contributed by atoms with E-state index in [9.17, 15) is 67.6 Å². The molecule has 0 spiro atoms. The number of aliphatic carboxylic acids is 2. The van der Waals surface area contributed by atoms with Gasteiger partial charge in [0.2, 0.25) is 0 Å². The van der Waals surface area contributed by atoms with E-state index in [0.717, 1.165) is 0 Å². The molecule has 2 aromatic rings. The quantitative estimate of drug-likeness (QED) is 0.106. The number of carbonyl (C=O) groups is 2. The number of fused-ring (bicyclic) bond motifs is 1.